The molecule has 0 saturated carbocycles. The van der Waals surface area contributed by atoms with Gasteiger partial charge in [-0.2, -0.15) is 5.10 Å². The lowest BCUT2D eigenvalue weighted by Crippen LogP contribution is -2.51. The van der Waals surface area contributed by atoms with Crippen LogP contribution in [0.15, 0.2) is 60.8 Å². The van der Waals surface area contributed by atoms with E-state index in [0.29, 0.717) is 55.0 Å². The van der Waals surface area contributed by atoms with Gasteiger partial charge in [0.05, 0.1) is 26.0 Å². The summed E-state index contributed by atoms with van der Waals surface area (Å²) in [7, 11) is 5.06. The summed E-state index contributed by atoms with van der Waals surface area (Å²) in [6.07, 6.45) is 3.49. The van der Waals surface area contributed by atoms with Crippen molar-refractivity contribution in [3.63, 3.8) is 0 Å². The van der Waals surface area contributed by atoms with E-state index in [1.807, 2.05) is 60.5 Å². The Bertz CT molecular complexity index is 1590. The second-order valence-corrected chi connectivity index (χ2v) is 10.1. The number of amides is 1. The second-order valence-electron chi connectivity index (χ2n) is 10.1. The van der Waals surface area contributed by atoms with Crippen LogP contribution < -0.4 is 14.8 Å². The molecule has 1 spiro atoms. The standard InChI is InChI=1S/C30H30N4O5/c1-33-27(9-12-31-33)32-21-8-7-19-18-30(39-29(36)23(19)17-21)10-13-34(14-11-30)28(35)20-15-24-22(26(16-20)38-3)5-4-6-25(24)37-2/h4-9,12,15-17,32H,10-11,13-14,18H2,1-3H3. The molecule has 3 aromatic carbocycles. The molecule has 0 radical (unpaired) electrons. The zero-order valence-electron chi connectivity index (χ0n) is 22.2. The molecule has 1 fully saturated rings. The lowest BCUT2D eigenvalue weighted by atomic mass is 9.81. The molecule has 3 heterocycles. The Hall–Kier alpha value is -4.53. The summed E-state index contributed by atoms with van der Waals surface area (Å²) in [6, 6.07) is 17.0. The Kier molecular flexibility index (Phi) is 6.13. The van der Waals surface area contributed by atoms with Crippen molar-refractivity contribution in [1.82, 2.24) is 14.7 Å². The number of ether oxygens (including phenoxy) is 3. The number of benzene rings is 3. The number of carbonyl (C=O) groups is 2. The molecule has 4 aromatic rings. The van der Waals surface area contributed by atoms with E-state index in [4.69, 9.17) is 14.2 Å². The maximum absolute atomic E-state index is 13.5. The highest BCUT2D eigenvalue weighted by Gasteiger charge is 2.43. The number of nitrogens with zero attached hydrogens (tertiary/aromatic N) is 3. The van der Waals surface area contributed by atoms with Crippen molar-refractivity contribution in [3.8, 4) is 11.5 Å². The number of rotatable bonds is 5. The van der Waals surface area contributed by atoms with Gasteiger partial charge in [-0.05, 0) is 35.9 Å². The van der Waals surface area contributed by atoms with E-state index in [1.165, 1.54) is 0 Å². The molecule has 0 unspecified atom stereocenters. The molecule has 9 nitrogen and oxygen atoms in total. The van der Waals surface area contributed by atoms with E-state index < -0.39 is 5.60 Å². The van der Waals surface area contributed by atoms with Crippen LogP contribution in [0.3, 0.4) is 0 Å². The summed E-state index contributed by atoms with van der Waals surface area (Å²) >= 11 is 0. The molecule has 39 heavy (non-hydrogen) atoms. The highest BCUT2D eigenvalue weighted by Crippen LogP contribution is 2.39. The Morgan fingerprint density at radius 3 is 2.51 bits per heavy atom. The third kappa shape index (κ3) is 4.43. The minimum Gasteiger partial charge on any atom is -0.496 e. The Morgan fingerprint density at radius 1 is 1.00 bits per heavy atom. The molecule has 1 N–H and O–H groups in total. The summed E-state index contributed by atoms with van der Waals surface area (Å²) in [5.74, 6) is 1.73. The molecule has 1 aromatic heterocycles. The first-order valence-electron chi connectivity index (χ1n) is 12.9. The number of likely N-dealkylation sites (tertiary alicyclic amines) is 1. The number of hydrogen-bond acceptors (Lipinski definition) is 7. The number of esters is 1. The quantitative estimate of drug-likeness (QED) is 0.376. The smallest absolute Gasteiger partial charge is 0.339 e. The van der Waals surface area contributed by atoms with E-state index in [1.54, 1.807) is 31.2 Å². The topological polar surface area (TPSA) is 94.9 Å². The van der Waals surface area contributed by atoms with Gasteiger partial charge < -0.3 is 24.4 Å². The third-order valence-corrected chi connectivity index (χ3v) is 7.81. The molecule has 0 bridgehead atoms. The van der Waals surface area contributed by atoms with Crippen molar-refractivity contribution in [2.45, 2.75) is 24.9 Å². The zero-order chi connectivity index (χ0) is 27.1. The SMILES string of the molecule is COc1cc(C(=O)N2CCC3(CC2)Cc2ccc(Nc4ccnn4C)cc2C(=O)O3)cc2c(OC)cccc12. The maximum atomic E-state index is 13.5. The summed E-state index contributed by atoms with van der Waals surface area (Å²) < 4.78 is 18.9. The molecule has 1 saturated heterocycles. The summed E-state index contributed by atoms with van der Waals surface area (Å²) in [5, 5.41) is 9.16. The zero-order valence-corrected chi connectivity index (χ0v) is 22.2. The van der Waals surface area contributed by atoms with Gasteiger partial charge in [0.1, 0.15) is 22.9 Å². The molecule has 6 rings (SSSR count). The van der Waals surface area contributed by atoms with E-state index in [-0.39, 0.29) is 11.9 Å². The van der Waals surface area contributed by atoms with Crippen molar-refractivity contribution < 1.29 is 23.8 Å². The lowest BCUT2D eigenvalue weighted by Gasteiger charge is -2.43. The highest BCUT2D eigenvalue weighted by atomic mass is 16.6. The monoisotopic (exact) mass is 526 g/mol. The van der Waals surface area contributed by atoms with Gasteiger partial charge in [0.15, 0.2) is 0 Å². The van der Waals surface area contributed by atoms with Gasteiger partial charge in [0.25, 0.3) is 5.91 Å². The number of methoxy groups -OCH3 is 2. The fourth-order valence-electron chi connectivity index (χ4n) is 5.65. The number of fused-ring (bicyclic) bond motifs is 2. The summed E-state index contributed by atoms with van der Waals surface area (Å²) in [5.41, 5.74) is 2.27. The minimum atomic E-state index is -0.609. The molecule has 1 amide bonds. The average Bonchev–Trinajstić information content (AvgIpc) is 3.36. The number of anilines is 2. The fraction of sp³-hybridized carbons (Fsp3) is 0.300. The average molecular weight is 527 g/mol. The predicted octanol–water partition coefficient (Wildman–Crippen LogP) is 4.72. The number of aromatic nitrogens is 2. The van der Waals surface area contributed by atoms with Gasteiger partial charge in [0, 0.05) is 67.5 Å². The van der Waals surface area contributed by atoms with E-state index >= 15 is 0 Å². The van der Waals surface area contributed by atoms with Crippen LogP contribution >= 0.6 is 0 Å². The van der Waals surface area contributed by atoms with Gasteiger partial charge in [-0.15, -0.1) is 0 Å². The number of nitrogens with one attached hydrogen (secondary N) is 1. The van der Waals surface area contributed by atoms with Gasteiger partial charge in [-0.1, -0.05) is 18.2 Å². The Labute approximate surface area is 226 Å². The number of carbonyl (C=O) groups excluding carboxylic acids is 2. The van der Waals surface area contributed by atoms with Gasteiger partial charge in [-0.3, -0.25) is 9.48 Å². The molecule has 200 valence electrons. The molecule has 0 atom stereocenters. The van der Waals surface area contributed by atoms with Crippen molar-refractivity contribution >= 4 is 34.2 Å². The van der Waals surface area contributed by atoms with Crippen LogP contribution in [0, 0.1) is 0 Å². The van der Waals surface area contributed by atoms with Gasteiger partial charge >= 0.3 is 5.97 Å². The molecular weight excluding hydrogens is 496 g/mol. The van der Waals surface area contributed by atoms with Crippen molar-refractivity contribution in [2.24, 2.45) is 7.05 Å². The van der Waals surface area contributed by atoms with Crippen molar-refractivity contribution in [2.75, 3.05) is 32.6 Å². The van der Waals surface area contributed by atoms with Crippen molar-refractivity contribution in [1.29, 1.82) is 0 Å². The Balaban J connectivity index is 1.18. The fourth-order valence-corrected chi connectivity index (χ4v) is 5.65. The second kappa shape index (κ2) is 9.65. The summed E-state index contributed by atoms with van der Waals surface area (Å²) in [4.78, 5) is 28.5. The molecule has 2 aliphatic rings. The van der Waals surface area contributed by atoms with Crippen LogP contribution in [0.5, 0.6) is 11.5 Å². The van der Waals surface area contributed by atoms with Crippen LogP contribution in [0.2, 0.25) is 0 Å². The number of piperidine rings is 1. The van der Waals surface area contributed by atoms with Gasteiger partial charge in [-0.25, -0.2) is 4.79 Å². The normalized spacial score (nSPS) is 16.1. The highest BCUT2D eigenvalue weighted by molar-refractivity contribution is 6.03. The first kappa shape index (κ1) is 24.8. The Morgan fingerprint density at radius 2 is 1.79 bits per heavy atom. The van der Waals surface area contributed by atoms with Crippen LogP contribution in [0.25, 0.3) is 10.8 Å². The van der Waals surface area contributed by atoms with Crippen LogP contribution in [0.1, 0.15) is 39.1 Å². The largest absolute Gasteiger partial charge is 0.496 e. The molecule has 2 aliphatic heterocycles. The van der Waals surface area contributed by atoms with Gasteiger partial charge in [0.2, 0.25) is 0 Å². The molecule has 0 aliphatic carbocycles. The predicted molar refractivity (Wildman–Crippen MR) is 147 cm³/mol. The lowest BCUT2D eigenvalue weighted by molar-refractivity contribution is -0.0526. The van der Waals surface area contributed by atoms with E-state index in [0.717, 1.165) is 27.8 Å². The van der Waals surface area contributed by atoms with Crippen molar-refractivity contribution in [3.05, 3.63) is 77.5 Å². The van der Waals surface area contributed by atoms with Crippen LogP contribution in [-0.2, 0) is 18.2 Å². The van der Waals surface area contributed by atoms with E-state index in [2.05, 4.69) is 10.4 Å². The minimum absolute atomic E-state index is 0.0793. The molecular formula is C30H30N4O5. The van der Waals surface area contributed by atoms with Crippen LogP contribution in [-0.4, -0.2) is 59.5 Å². The number of hydrogen-bond donors (Lipinski definition) is 1. The maximum Gasteiger partial charge on any atom is 0.339 e. The first-order valence-corrected chi connectivity index (χ1v) is 12.9. The molecule has 9 heteroatoms. The summed E-state index contributed by atoms with van der Waals surface area (Å²) in [6.45, 7) is 0.988. The first-order chi connectivity index (χ1) is 18.9. The van der Waals surface area contributed by atoms with E-state index in [9.17, 15) is 9.59 Å². The number of aryl methyl sites for hydroxylation is 1. The van der Waals surface area contributed by atoms with Crippen LogP contribution in [0.4, 0.5) is 11.5 Å². The third-order valence-electron chi connectivity index (χ3n) is 7.81.